The highest BCUT2D eigenvalue weighted by Gasteiger charge is 2.31. The first-order chi connectivity index (χ1) is 13.2. The van der Waals surface area contributed by atoms with Crippen LogP contribution in [0.3, 0.4) is 0 Å². The molecule has 10 heteroatoms. The number of nitrogens with zero attached hydrogens (tertiary/aromatic N) is 3. The summed E-state index contributed by atoms with van der Waals surface area (Å²) in [4.78, 5) is 25.2. The van der Waals surface area contributed by atoms with E-state index in [1.54, 1.807) is 9.58 Å². The smallest absolute Gasteiger partial charge is 0.478 e. The lowest BCUT2D eigenvalue weighted by Gasteiger charge is -2.33. The van der Waals surface area contributed by atoms with Crippen LogP contribution in [0.5, 0.6) is 5.75 Å². The molecule has 0 bridgehead atoms. The molecule has 1 saturated heterocycles. The van der Waals surface area contributed by atoms with Crippen molar-refractivity contribution in [2.24, 2.45) is 0 Å². The van der Waals surface area contributed by atoms with Crippen LogP contribution in [-0.2, 0) is 11.2 Å². The third-order valence-electron chi connectivity index (χ3n) is 4.48. The molecule has 28 heavy (non-hydrogen) atoms. The predicted molar refractivity (Wildman–Crippen MR) is 90.9 cm³/mol. The topological polar surface area (TPSA) is 84.7 Å². The zero-order valence-corrected chi connectivity index (χ0v) is 14.7. The second-order valence-corrected chi connectivity index (χ2v) is 6.52. The van der Waals surface area contributed by atoms with E-state index < -0.39 is 12.3 Å². The molecule has 1 aliphatic heterocycles. The number of halogens is 3. The number of alkyl halides is 3. The number of carboxylic acids is 1. The molecule has 1 fully saturated rings. The van der Waals surface area contributed by atoms with E-state index in [9.17, 15) is 22.8 Å². The second kappa shape index (κ2) is 7.91. The molecule has 1 aromatic heterocycles. The minimum absolute atomic E-state index is 0.0541. The lowest BCUT2D eigenvalue weighted by atomic mass is 10.0. The summed E-state index contributed by atoms with van der Waals surface area (Å²) in [6, 6.07) is 5.08. The number of aromatic nitrogens is 2. The first-order valence-electron chi connectivity index (χ1n) is 8.61. The molecule has 1 N–H and O–H groups in total. The molecule has 150 valence electrons. The van der Waals surface area contributed by atoms with Crippen molar-refractivity contribution in [1.29, 1.82) is 0 Å². The highest BCUT2D eigenvalue weighted by atomic mass is 19.4. The zero-order valence-electron chi connectivity index (χ0n) is 14.7. The number of aromatic carboxylic acids is 1. The van der Waals surface area contributed by atoms with E-state index in [0.29, 0.717) is 18.7 Å². The third kappa shape index (κ3) is 5.02. The Morgan fingerprint density at radius 2 is 1.96 bits per heavy atom. The van der Waals surface area contributed by atoms with Gasteiger partial charge in [0.1, 0.15) is 5.75 Å². The van der Waals surface area contributed by atoms with Crippen LogP contribution >= 0.6 is 0 Å². The third-order valence-corrected chi connectivity index (χ3v) is 4.48. The van der Waals surface area contributed by atoms with E-state index in [0.717, 1.165) is 12.8 Å². The Bertz CT molecular complexity index is 849. The van der Waals surface area contributed by atoms with Gasteiger partial charge in [-0.2, -0.15) is 5.10 Å². The van der Waals surface area contributed by atoms with Gasteiger partial charge in [-0.1, -0.05) is 12.1 Å². The van der Waals surface area contributed by atoms with E-state index in [1.807, 2.05) is 0 Å². The van der Waals surface area contributed by atoms with Gasteiger partial charge in [0.25, 0.3) is 0 Å². The van der Waals surface area contributed by atoms with Gasteiger partial charge in [-0.15, -0.1) is 13.2 Å². The summed E-state index contributed by atoms with van der Waals surface area (Å²) < 4.78 is 42.0. The summed E-state index contributed by atoms with van der Waals surface area (Å²) in [5.74, 6) is -1.55. The Balaban J connectivity index is 1.60. The van der Waals surface area contributed by atoms with Crippen molar-refractivity contribution in [1.82, 2.24) is 14.7 Å². The average molecular weight is 397 g/mol. The number of ether oxygens (including phenoxy) is 1. The van der Waals surface area contributed by atoms with Crippen LogP contribution in [0.1, 0.15) is 34.8 Å². The first-order valence-corrected chi connectivity index (χ1v) is 8.61. The molecule has 3 rings (SSSR count). The number of hydrogen-bond donors (Lipinski definition) is 1. The van der Waals surface area contributed by atoms with Gasteiger partial charge in [0, 0.05) is 19.3 Å². The van der Waals surface area contributed by atoms with E-state index in [1.165, 1.54) is 36.7 Å². The van der Waals surface area contributed by atoms with Gasteiger partial charge in [0.05, 0.1) is 24.2 Å². The lowest BCUT2D eigenvalue weighted by molar-refractivity contribution is -0.274. The molecule has 0 spiro atoms. The SMILES string of the molecule is O=C(O)c1cnn([C@@H]2CCCN(C(=O)Cc3ccc(OC(F)(F)F)cc3)C2)c1. The number of benzene rings is 1. The number of piperidine rings is 1. The van der Waals surface area contributed by atoms with Crippen LogP contribution in [0.2, 0.25) is 0 Å². The van der Waals surface area contributed by atoms with Gasteiger partial charge in [-0.25, -0.2) is 4.79 Å². The zero-order chi connectivity index (χ0) is 20.3. The number of carbonyl (C=O) groups is 2. The van der Waals surface area contributed by atoms with Crippen LogP contribution in [0.25, 0.3) is 0 Å². The van der Waals surface area contributed by atoms with E-state index in [-0.39, 0.29) is 29.7 Å². The number of carbonyl (C=O) groups excluding carboxylic acids is 1. The van der Waals surface area contributed by atoms with Crippen molar-refractivity contribution in [2.45, 2.75) is 31.7 Å². The van der Waals surface area contributed by atoms with Crippen molar-refractivity contribution in [3.8, 4) is 5.75 Å². The molecular formula is C18H18F3N3O4. The molecule has 1 aliphatic rings. The Hall–Kier alpha value is -3.04. The molecule has 1 amide bonds. The summed E-state index contributed by atoms with van der Waals surface area (Å²) in [6.45, 7) is 0.965. The van der Waals surface area contributed by atoms with Crippen molar-refractivity contribution >= 4 is 11.9 Å². The molecule has 0 radical (unpaired) electrons. The lowest BCUT2D eigenvalue weighted by Crippen LogP contribution is -2.41. The average Bonchev–Trinajstić information content (AvgIpc) is 3.13. The maximum atomic E-state index is 12.6. The van der Waals surface area contributed by atoms with Crippen molar-refractivity contribution in [3.05, 3.63) is 47.8 Å². The summed E-state index contributed by atoms with van der Waals surface area (Å²) in [5, 5.41) is 13.1. The number of amides is 1. The number of likely N-dealkylation sites (tertiary alicyclic amines) is 1. The van der Waals surface area contributed by atoms with Crippen LogP contribution in [0, 0.1) is 0 Å². The normalized spacial score (nSPS) is 17.4. The Kier molecular flexibility index (Phi) is 5.57. The van der Waals surface area contributed by atoms with Crippen molar-refractivity contribution < 1.29 is 32.6 Å². The Morgan fingerprint density at radius 3 is 2.57 bits per heavy atom. The van der Waals surface area contributed by atoms with E-state index >= 15 is 0 Å². The van der Waals surface area contributed by atoms with Gasteiger partial charge < -0.3 is 14.7 Å². The highest BCUT2D eigenvalue weighted by Crippen LogP contribution is 2.24. The fourth-order valence-electron chi connectivity index (χ4n) is 3.14. The maximum absolute atomic E-state index is 12.6. The van der Waals surface area contributed by atoms with Crippen LogP contribution in [0.15, 0.2) is 36.7 Å². The van der Waals surface area contributed by atoms with Crippen LogP contribution in [0.4, 0.5) is 13.2 Å². The molecular weight excluding hydrogens is 379 g/mol. The molecule has 0 unspecified atom stereocenters. The highest BCUT2D eigenvalue weighted by molar-refractivity contribution is 5.86. The number of hydrogen-bond acceptors (Lipinski definition) is 4. The maximum Gasteiger partial charge on any atom is 0.573 e. The Labute approximate surface area is 158 Å². The van der Waals surface area contributed by atoms with E-state index in [2.05, 4.69) is 9.84 Å². The van der Waals surface area contributed by atoms with Gasteiger partial charge in [0.2, 0.25) is 5.91 Å². The molecule has 1 aromatic carbocycles. The van der Waals surface area contributed by atoms with Crippen LogP contribution in [-0.4, -0.2) is 51.1 Å². The van der Waals surface area contributed by atoms with Gasteiger partial charge in [0.15, 0.2) is 0 Å². The van der Waals surface area contributed by atoms with Gasteiger partial charge in [-0.05, 0) is 30.5 Å². The molecule has 0 saturated carbocycles. The van der Waals surface area contributed by atoms with Crippen molar-refractivity contribution in [3.63, 3.8) is 0 Å². The van der Waals surface area contributed by atoms with E-state index in [4.69, 9.17) is 5.11 Å². The largest absolute Gasteiger partial charge is 0.573 e. The van der Waals surface area contributed by atoms with Crippen LogP contribution < -0.4 is 4.74 Å². The fraction of sp³-hybridized carbons (Fsp3) is 0.389. The second-order valence-electron chi connectivity index (χ2n) is 6.52. The van der Waals surface area contributed by atoms with Crippen molar-refractivity contribution in [2.75, 3.05) is 13.1 Å². The number of rotatable bonds is 5. The predicted octanol–water partition coefficient (Wildman–Crippen LogP) is 2.89. The van der Waals surface area contributed by atoms with Gasteiger partial charge in [-0.3, -0.25) is 9.48 Å². The molecule has 1 atom stereocenters. The Morgan fingerprint density at radius 1 is 1.25 bits per heavy atom. The first kappa shape index (κ1) is 19.7. The summed E-state index contributed by atoms with van der Waals surface area (Å²) >= 11 is 0. The molecule has 2 aromatic rings. The quantitative estimate of drug-likeness (QED) is 0.839. The summed E-state index contributed by atoms with van der Waals surface area (Å²) in [5.41, 5.74) is 0.665. The number of carboxylic acid groups (broad SMARTS) is 1. The van der Waals surface area contributed by atoms with Gasteiger partial charge >= 0.3 is 12.3 Å². The minimum Gasteiger partial charge on any atom is -0.478 e. The molecule has 0 aliphatic carbocycles. The summed E-state index contributed by atoms with van der Waals surface area (Å²) in [7, 11) is 0. The molecule has 2 heterocycles. The minimum atomic E-state index is -4.76. The standard InChI is InChI=1S/C18H18F3N3O4/c19-18(20,21)28-15-5-3-12(4-6-15)8-16(25)23-7-1-2-14(11-23)24-10-13(9-22-24)17(26)27/h3-6,9-10,14H,1-2,7-8,11H2,(H,26,27)/t14-/m1/s1. The monoisotopic (exact) mass is 397 g/mol. The fourth-order valence-corrected chi connectivity index (χ4v) is 3.14. The summed E-state index contributed by atoms with van der Waals surface area (Å²) in [6.07, 6.45) is -0.468. The molecule has 7 nitrogen and oxygen atoms in total.